The van der Waals surface area contributed by atoms with Crippen molar-refractivity contribution in [1.29, 1.82) is 0 Å². The molecule has 1 rings (SSSR count). The molecule has 4 heteroatoms. The highest BCUT2D eigenvalue weighted by atomic mass is 35.5. The Morgan fingerprint density at radius 1 is 1.36 bits per heavy atom. The lowest BCUT2D eigenvalue weighted by molar-refractivity contribution is 0.0710. The van der Waals surface area contributed by atoms with Crippen molar-refractivity contribution in [2.75, 3.05) is 6.61 Å². The highest BCUT2D eigenvalue weighted by molar-refractivity contribution is 5.85. The fourth-order valence-corrected chi connectivity index (χ4v) is 1.34. The smallest absolute Gasteiger partial charge is 0.0611 e. The number of hydrogen-bond acceptors (Lipinski definition) is 3. The standard InChI is InChI=1S/C7H15NO2.ClH/c8-7(5-9)3-1-6(10)2-4-7;/h6,9-10H,1-5,8H2;1H. The monoisotopic (exact) mass is 181 g/mol. The average Bonchev–Trinajstić information content (AvgIpc) is 1.96. The Labute approximate surface area is 73.0 Å². The first kappa shape index (κ1) is 11.2. The van der Waals surface area contributed by atoms with Crippen LogP contribution in [0.3, 0.4) is 0 Å². The summed E-state index contributed by atoms with van der Waals surface area (Å²) in [4.78, 5) is 0. The van der Waals surface area contributed by atoms with Gasteiger partial charge in [0.05, 0.1) is 12.7 Å². The fourth-order valence-electron chi connectivity index (χ4n) is 1.34. The molecule has 1 aliphatic carbocycles. The van der Waals surface area contributed by atoms with Gasteiger partial charge in [0.2, 0.25) is 0 Å². The van der Waals surface area contributed by atoms with Gasteiger partial charge in [-0.2, -0.15) is 0 Å². The van der Waals surface area contributed by atoms with Crippen molar-refractivity contribution in [2.24, 2.45) is 5.73 Å². The predicted octanol–water partition coefficient (Wildman–Crippen LogP) is 0.0329. The Bertz CT molecular complexity index is 113. The third kappa shape index (κ3) is 2.95. The molecule has 3 nitrogen and oxygen atoms in total. The Hall–Kier alpha value is 0.170. The summed E-state index contributed by atoms with van der Waals surface area (Å²) >= 11 is 0. The zero-order chi connectivity index (χ0) is 7.61. The normalized spacial score (nSPS) is 37.9. The SMILES string of the molecule is Cl.NC1(CO)CCC(O)CC1. The van der Waals surface area contributed by atoms with E-state index in [1.165, 1.54) is 0 Å². The van der Waals surface area contributed by atoms with Crippen LogP contribution in [-0.4, -0.2) is 28.5 Å². The summed E-state index contributed by atoms with van der Waals surface area (Å²) in [5.41, 5.74) is 5.36. The van der Waals surface area contributed by atoms with Gasteiger partial charge in [-0.3, -0.25) is 0 Å². The van der Waals surface area contributed by atoms with Gasteiger partial charge in [-0.1, -0.05) is 0 Å². The number of rotatable bonds is 1. The lowest BCUT2D eigenvalue weighted by atomic mass is 9.82. The average molecular weight is 182 g/mol. The maximum absolute atomic E-state index is 9.10. The van der Waals surface area contributed by atoms with Crippen LogP contribution in [0, 0.1) is 0 Å². The van der Waals surface area contributed by atoms with Gasteiger partial charge in [-0.15, -0.1) is 12.4 Å². The first-order valence-electron chi connectivity index (χ1n) is 3.74. The third-order valence-electron chi connectivity index (χ3n) is 2.27. The van der Waals surface area contributed by atoms with Crippen molar-refractivity contribution in [1.82, 2.24) is 0 Å². The minimum Gasteiger partial charge on any atom is -0.394 e. The molecule has 0 heterocycles. The van der Waals surface area contributed by atoms with Gasteiger partial charge in [-0.25, -0.2) is 0 Å². The molecule has 0 spiro atoms. The molecule has 0 aromatic carbocycles. The van der Waals surface area contributed by atoms with E-state index in [9.17, 15) is 0 Å². The molecule has 1 saturated carbocycles. The largest absolute Gasteiger partial charge is 0.394 e. The minimum absolute atomic E-state index is 0. The molecule has 0 radical (unpaired) electrons. The molecule has 11 heavy (non-hydrogen) atoms. The van der Waals surface area contributed by atoms with Crippen LogP contribution in [0.1, 0.15) is 25.7 Å². The van der Waals surface area contributed by atoms with Gasteiger partial charge in [0.25, 0.3) is 0 Å². The van der Waals surface area contributed by atoms with Gasteiger partial charge in [-0.05, 0) is 25.7 Å². The maximum atomic E-state index is 9.10. The summed E-state index contributed by atoms with van der Waals surface area (Å²) in [7, 11) is 0. The van der Waals surface area contributed by atoms with Gasteiger partial charge in [0, 0.05) is 5.54 Å². The Balaban J connectivity index is 0.000001000. The fraction of sp³-hybridized carbons (Fsp3) is 1.00. The van der Waals surface area contributed by atoms with Crippen molar-refractivity contribution in [3.63, 3.8) is 0 Å². The quantitative estimate of drug-likeness (QED) is 0.535. The van der Waals surface area contributed by atoms with Gasteiger partial charge >= 0.3 is 0 Å². The van der Waals surface area contributed by atoms with Crippen LogP contribution in [0.2, 0.25) is 0 Å². The molecule has 0 saturated heterocycles. The van der Waals surface area contributed by atoms with Crippen molar-refractivity contribution >= 4 is 12.4 Å². The molecule has 0 unspecified atom stereocenters. The van der Waals surface area contributed by atoms with E-state index in [0.29, 0.717) is 0 Å². The van der Waals surface area contributed by atoms with Crippen LogP contribution < -0.4 is 5.73 Å². The van der Waals surface area contributed by atoms with Crippen molar-refractivity contribution < 1.29 is 10.2 Å². The Morgan fingerprint density at radius 3 is 2.18 bits per heavy atom. The van der Waals surface area contributed by atoms with Crippen molar-refractivity contribution in [3.8, 4) is 0 Å². The van der Waals surface area contributed by atoms with Crippen LogP contribution in [0.5, 0.6) is 0 Å². The van der Waals surface area contributed by atoms with E-state index in [4.69, 9.17) is 15.9 Å². The van der Waals surface area contributed by atoms with Gasteiger partial charge in [0.15, 0.2) is 0 Å². The van der Waals surface area contributed by atoms with E-state index >= 15 is 0 Å². The second-order valence-corrected chi connectivity index (χ2v) is 3.25. The molecule has 1 fully saturated rings. The molecule has 68 valence electrons. The van der Waals surface area contributed by atoms with Crippen LogP contribution in [-0.2, 0) is 0 Å². The lowest BCUT2D eigenvalue weighted by Crippen LogP contribution is -2.47. The Morgan fingerprint density at radius 2 is 1.82 bits per heavy atom. The van der Waals surface area contributed by atoms with Crippen LogP contribution in [0.4, 0.5) is 0 Å². The molecular formula is C7H16ClNO2. The zero-order valence-electron chi connectivity index (χ0n) is 6.49. The number of aliphatic hydroxyl groups excluding tert-OH is 2. The van der Waals surface area contributed by atoms with Crippen molar-refractivity contribution in [2.45, 2.75) is 37.3 Å². The third-order valence-corrected chi connectivity index (χ3v) is 2.27. The maximum Gasteiger partial charge on any atom is 0.0611 e. The molecule has 0 aromatic heterocycles. The molecule has 1 aliphatic rings. The summed E-state index contributed by atoms with van der Waals surface area (Å²) in [6.07, 6.45) is 2.76. The zero-order valence-corrected chi connectivity index (χ0v) is 7.31. The first-order chi connectivity index (χ1) is 4.66. The second kappa shape index (κ2) is 4.26. The summed E-state index contributed by atoms with van der Waals surface area (Å²) in [6.45, 7) is 0.0414. The van der Waals surface area contributed by atoms with E-state index in [1.54, 1.807) is 0 Å². The first-order valence-corrected chi connectivity index (χ1v) is 3.74. The van der Waals surface area contributed by atoms with Crippen molar-refractivity contribution in [3.05, 3.63) is 0 Å². The number of halogens is 1. The molecular weight excluding hydrogens is 166 g/mol. The number of aliphatic hydroxyl groups is 2. The van der Waals surface area contributed by atoms with E-state index in [-0.39, 0.29) is 25.1 Å². The van der Waals surface area contributed by atoms with Gasteiger partial charge in [0.1, 0.15) is 0 Å². The highest BCUT2D eigenvalue weighted by Gasteiger charge is 2.29. The summed E-state index contributed by atoms with van der Waals surface area (Å²) in [6, 6.07) is 0. The predicted molar refractivity (Wildman–Crippen MR) is 45.7 cm³/mol. The number of hydrogen-bond donors (Lipinski definition) is 3. The van der Waals surface area contributed by atoms with Crippen LogP contribution >= 0.6 is 12.4 Å². The second-order valence-electron chi connectivity index (χ2n) is 3.25. The number of nitrogens with two attached hydrogens (primary N) is 1. The van der Waals surface area contributed by atoms with E-state index < -0.39 is 5.54 Å². The Kier molecular flexibility index (Phi) is 4.32. The topological polar surface area (TPSA) is 66.5 Å². The molecule has 0 atom stereocenters. The minimum atomic E-state index is -0.404. The van der Waals surface area contributed by atoms with Crippen LogP contribution in [0.15, 0.2) is 0 Å². The molecule has 0 amide bonds. The van der Waals surface area contributed by atoms with E-state index in [0.717, 1.165) is 25.7 Å². The molecule has 0 aliphatic heterocycles. The molecule has 4 N–H and O–H groups in total. The van der Waals surface area contributed by atoms with Crippen LogP contribution in [0.25, 0.3) is 0 Å². The highest BCUT2D eigenvalue weighted by Crippen LogP contribution is 2.25. The molecule has 0 aromatic rings. The van der Waals surface area contributed by atoms with Gasteiger partial charge < -0.3 is 15.9 Å². The summed E-state index contributed by atoms with van der Waals surface area (Å²) in [5, 5.41) is 17.9. The summed E-state index contributed by atoms with van der Waals surface area (Å²) in [5.74, 6) is 0. The van der Waals surface area contributed by atoms with E-state index in [2.05, 4.69) is 0 Å². The molecule has 0 bridgehead atoms. The van der Waals surface area contributed by atoms with E-state index in [1.807, 2.05) is 0 Å². The lowest BCUT2D eigenvalue weighted by Gasteiger charge is -2.33. The summed E-state index contributed by atoms with van der Waals surface area (Å²) < 4.78 is 0.